The van der Waals surface area contributed by atoms with E-state index in [1.54, 1.807) is 6.07 Å². The lowest BCUT2D eigenvalue weighted by Crippen LogP contribution is -2.26. The van der Waals surface area contributed by atoms with Crippen molar-refractivity contribution >= 4 is 29.3 Å². The molecule has 0 atom stereocenters. The van der Waals surface area contributed by atoms with Crippen molar-refractivity contribution < 1.29 is 18.7 Å². The highest BCUT2D eigenvalue weighted by Crippen LogP contribution is 2.21. The Hall–Kier alpha value is -1.76. The number of esters is 1. The molecule has 1 aromatic carbocycles. The van der Waals surface area contributed by atoms with E-state index in [-0.39, 0.29) is 29.7 Å². The molecule has 0 heterocycles. The third kappa shape index (κ3) is 5.92. The predicted molar refractivity (Wildman–Crippen MR) is 75.8 cm³/mol. The van der Waals surface area contributed by atoms with Crippen molar-refractivity contribution in [3.05, 3.63) is 24.0 Å². The van der Waals surface area contributed by atoms with E-state index in [2.05, 4.69) is 10.1 Å². The maximum Gasteiger partial charge on any atom is 0.305 e. The van der Waals surface area contributed by atoms with Gasteiger partial charge in [0.05, 0.1) is 18.6 Å². The van der Waals surface area contributed by atoms with Gasteiger partial charge in [0.15, 0.2) is 0 Å². The summed E-state index contributed by atoms with van der Waals surface area (Å²) in [5.41, 5.74) is 5.45. The molecule has 0 bridgehead atoms. The topological polar surface area (TPSA) is 81.4 Å². The van der Waals surface area contributed by atoms with Crippen LogP contribution < -0.4 is 11.1 Å². The zero-order chi connectivity index (χ0) is 15.0. The number of rotatable bonds is 7. The number of amides is 1. The Morgan fingerprint density at radius 1 is 1.45 bits per heavy atom. The van der Waals surface area contributed by atoms with E-state index < -0.39 is 5.82 Å². The van der Waals surface area contributed by atoms with Crippen LogP contribution in [0.25, 0.3) is 0 Å². The van der Waals surface area contributed by atoms with Crippen LogP contribution in [0.2, 0.25) is 0 Å². The van der Waals surface area contributed by atoms with Gasteiger partial charge < -0.3 is 15.8 Å². The highest BCUT2D eigenvalue weighted by Gasteiger charge is 2.05. The summed E-state index contributed by atoms with van der Waals surface area (Å²) >= 11 is 1.22. The number of anilines is 1. The van der Waals surface area contributed by atoms with Gasteiger partial charge in [-0.1, -0.05) is 0 Å². The number of ether oxygens (including phenoxy) is 1. The number of nitrogens with one attached hydrogen (secondary N) is 1. The highest BCUT2D eigenvalue weighted by atomic mass is 32.2. The normalized spacial score (nSPS) is 10.1. The van der Waals surface area contributed by atoms with Crippen molar-refractivity contribution in [1.82, 2.24) is 5.32 Å². The molecule has 0 radical (unpaired) electrons. The Bertz CT molecular complexity index is 483. The number of halogens is 1. The molecule has 0 fully saturated rings. The SMILES string of the molecule is COC(=O)CCCNC(=O)CSc1ccc(N)c(F)c1. The molecule has 1 rings (SSSR count). The van der Waals surface area contributed by atoms with Crippen LogP contribution >= 0.6 is 11.8 Å². The van der Waals surface area contributed by atoms with Gasteiger partial charge in [0, 0.05) is 17.9 Å². The van der Waals surface area contributed by atoms with Crippen LogP contribution in [-0.4, -0.2) is 31.3 Å². The van der Waals surface area contributed by atoms with Gasteiger partial charge in [0.25, 0.3) is 0 Å². The van der Waals surface area contributed by atoms with E-state index in [0.717, 1.165) is 0 Å². The first kappa shape index (κ1) is 16.3. The number of benzene rings is 1. The fraction of sp³-hybridized carbons (Fsp3) is 0.385. The highest BCUT2D eigenvalue weighted by molar-refractivity contribution is 8.00. The van der Waals surface area contributed by atoms with Gasteiger partial charge in [-0.05, 0) is 24.6 Å². The second-order valence-corrected chi connectivity index (χ2v) is 5.05. The summed E-state index contributed by atoms with van der Waals surface area (Å²) in [7, 11) is 1.32. The summed E-state index contributed by atoms with van der Waals surface area (Å²) in [6.07, 6.45) is 0.798. The van der Waals surface area contributed by atoms with Crippen molar-refractivity contribution in [1.29, 1.82) is 0 Å². The first-order valence-electron chi connectivity index (χ1n) is 6.04. The fourth-order valence-corrected chi connectivity index (χ4v) is 2.11. The lowest BCUT2D eigenvalue weighted by atomic mass is 10.3. The molecule has 1 amide bonds. The number of thioether (sulfide) groups is 1. The Labute approximate surface area is 121 Å². The predicted octanol–water partition coefficient (Wildman–Crippen LogP) is 1.57. The van der Waals surface area contributed by atoms with E-state index in [1.807, 2.05) is 0 Å². The number of hydrogen-bond donors (Lipinski definition) is 2. The van der Waals surface area contributed by atoms with E-state index >= 15 is 0 Å². The lowest BCUT2D eigenvalue weighted by molar-refractivity contribution is -0.140. The molecule has 0 unspecified atom stereocenters. The monoisotopic (exact) mass is 300 g/mol. The first-order valence-corrected chi connectivity index (χ1v) is 7.03. The smallest absolute Gasteiger partial charge is 0.305 e. The summed E-state index contributed by atoms with van der Waals surface area (Å²) < 4.78 is 17.7. The number of nitrogen functional groups attached to an aromatic ring is 1. The molecule has 0 saturated carbocycles. The molecule has 5 nitrogen and oxygen atoms in total. The summed E-state index contributed by atoms with van der Waals surface area (Å²) in [5.74, 6) is -0.779. The van der Waals surface area contributed by atoms with E-state index in [0.29, 0.717) is 17.9 Å². The first-order chi connectivity index (χ1) is 9.52. The van der Waals surface area contributed by atoms with E-state index in [4.69, 9.17) is 5.73 Å². The van der Waals surface area contributed by atoms with Gasteiger partial charge in [-0.2, -0.15) is 0 Å². The minimum Gasteiger partial charge on any atom is -0.469 e. The van der Waals surface area contributed by atoms with Crippen LogP contribution in [0.3, 0.4) is 0 Å². The molecule has 0 aliphatic heterocycles. The van der Waals surface area contributed by atoms with E-state index in [1.165, 1.54) is 31.0 Å². The van der Waals surface area contributed by atoms with Crippen LogP contribution in [0.5, 0.6) is 0 Å². The van der Waals surface area contributed by atoms with Gasteiger partial charge in [0.1, 0.15) is 5.82 Å². The van der Waals surface area contributed by atoms with Crippen LogP contribution in [0, 0.1) is 5.82 Å². The van der Waals surface area contributed by atoms with Gasteiger partial charge >= 0.3 is 5.97 Å². The summed E-state index contributed by atoms with van der Waals surface area (Å²) in [5, 5.41) is 2.67. The molecular formula is C13H17FN2O3S. The van der Waals surface area contributed by atoms with Gasteiger partial charge in [-0.15, -0.1) is 11.8 Å². The lowest BCUT2D eigenvalue weighted by Gasteiger charge is -2.05. The summed E-state index contributed by atoms with van der Waals surface area (Å²) in [4.78, 5) is 23.0. The molecular weight excluding hydrogens is 283 g/mol. The minimum atomic E-state index is -0.492. The number of methoxy groups -OCH3 is 1. The third-order valence-corrected chi connectivity index (χ3v) is 3.44. The Kier molecular flexibility index (Phi) is 6.86. The quantitative estimate of drug-likeness (QED) is 0.346. The fourth-order valence-electron chi connectivity index (χ4n) is 1.36. The van der Waals surface area contributed by atoms with Crippen molar-refractivity contribution in [2.45, 2.75) is 17.7 Å². The standard InChI is InChI=1S/C13H17FN2O3S/c1-19-13(18)3-2-6-16-12(17)8-20-9-4-5-11(15)10(14)7-9/h4-5,7H,2-3,6,8,15H2,1H3,(H,16,17). The molecule has 0 aliphatic rings. The van der Waals surface area contributed by atoms with Gasteiger partial charge in [-0.3, -0.25) is 9.59 Å². The second kappa shape index (κ2) is 8.42. The average Bonchev–Trinajstić information content (AvgIpc) is 2.44. The number of hydrogen-bond acceptors (Lipinski definition) is 5. The van der Waals surface area contributed by atoms with Crippen LogP contribution in [0.15, 0.2) is 23.1 Å². The van der Waals surface area contributed by atoms with Crippen LogP contribution in [-0.2, 0) is 14.3 Å². The van der Waals surface area contributed by atoms with Crippen LogP contribution in [0.4, 0.5) is 10.1 Å². The number of carbonyl (C=O) groups excluding carboxylic acids is 2. The molecule has 3 N–H and O–H groups in total. The van der Waals surface area contributed by atoms with Crippen molar-refractivity contribution in [2.75, 3.05) is 25.1 Å². The van der Waals surface area contributed by atoms with Gasteiger partial charge in [0.2, 0.25) is 5.91 Å². The Morgan fingerprint density at radius 3 is 2.85 bits per heavy atom. The number of carbonyl (C=O) groups is 2. The molecule has 20 heavy (non-hydrogen) atoms. The van der Waals surface area contributed by atoms with Crippen molar-refractivity contribution in [3.8, 4) is 0 Å². The largest absolute Gasteiger partial charge is 0.469 e. The molecule has 0 aromatic heterocycles. The Morgan fingerprint density at radius 2 is 2.20 bits per heavy atom. The third-order valence-electron chi connectivity index (χ3n) is 2.45. The molecule has 110 valence electrons. The maximum atomic E-state index is 13.2. The Balaban J connectivity index is 2.22. The minimum absolute atomic E-state index is 0.0848. The van der Waals surface area contributed by atoms with E-state index in [9.17, 15) is 14.0 Å². The molecule has 0 aliphatic carbocycles. The average molecular weight is 300 g/mol. The zero-order valence-electron chi connectivity index (χ0n) is 11.1. The molecule has 0 saturated heterocycles. The molecule has 1 aromatic rings. The summed E-state index contributed by atoms with van der Waals surface area (Å²) in [6, 6.07) is 4.42. The van der Waals surface area contributed by atoms with Crippen molar-refractivity contribution in [2.24, 2.45) is 0 Å². The molecule has 7 heteroatoms. The van der Waals surface area contributed by atoms with Crippen LogP contribution in [0.1, 0.15) is 12.8 Å². The van der Waals surface area contributed by atoms with Crippen molar-refractivity contribution in [3.63, 3.8) is 0 Å². The molecule has 0 spiro atoms. The number of nitrogens with two attached hydrogens (primary N) is 1. The zero-order valence-corrected chi connectivity index (χ0v) is 12.0. The summed E-state index contributed by atoms with van der Waals surface area (Å²) in [6.45, 7) is 0.407. The maximum absolute atomic E-state index is 13.2. The van der Waals surface area contributed by atoms with Gasteiger partial charge in [-0.25, -0.2) is 4.39 Å². The second-order valence-electron chi connectivity index (χ2n) is 4.00.